The molecule has 0 aromatic rings. The molecule has 4 atom stereocenters. The highest BCUT2D eigenvalue weighted by molar-refractivity contribution is 7.45. The number of rotatable bonds is 3. The van der Waals surface area contributed by atoms with Crippen LogP contribution in [0.4, 0.5) is 0 Å². The van der Waals surface area contributed by atoms with Crippen LogP contribution in [0, 0.1) is 0 Å². The predicted molar refractivity (Wildman–Crippen MR) is 48.4 cm³/mol. The van der Waals surface area contributed by atoms with Gasteiger partial charge in [-0.1, -0.05) is 0 Å². The van der Waals surface area contributed by atoms with Gasteiger partial charge in [-0.05, 0) is 6.42 Å². The third-order valence-electron chi connectivity index (χ3n) is 2.17. The molecule has 1 aliphatic heterocycles. The van der Waals surface area contributed by atoms with Crippen molar-refractivity contribution in [3.63, 3.8) is 0 Å². The number of aliphatic hydroxyl groups is 3. The highest BCUT2D eigenvalue weighted by Crippen LogP contribution is 2.28. The monoisotopic (exact) mass is 226 g/mol. The summed E-state index contributed by atoms with van der Waals surface area (Å²) in [5.74, 6) is 0. The van der Waals surface area contributed by atoms with Crippen LogP contribution in [0.15, 0.2) is 0 Å². The summed E-state index contributed by atoms with van der Waals surface area (Å²) in [7, 11) is -1.97. The predicted octanol–water partition coefficient (Wildman–Crippen LogP) is -1.50. The van der Waals surface area contributed by atoms with Crippen LogP contribution in [0.3, 0.4) is 0 Å². The molecule has 1 fully saturated rings. The van der Waals surface area contributed by atoms with Gasteiger partial charge in [0.25, 0.3) is 0 Å². The molecule has 0 bridgehead atoms. The lowest BCUT2D eigenvalue weighted by atomic mass is 10.0. The van der Waals surface area contributed by atoms with Crippen molar-refractivity contribution in [3.05, 3.63) is 0 Å². The Morgan fingerprint density at radius 2 is 1.86 bits per heavy atom. The fourth-order valence-electron chi connectivity index (χ4n) is 1.38. The molecule has 6 nitrogen and oxygen atoms in total. The van der Waals surface area contributed by atoms with Crippen LogP contribution in [0.2, 0.25) is 0 Å². The Kier molecular flexibility index (Phi) is 4.66. The maximum absolute atomic E-state index is 9.27. The Bertz CT molecular complexity index is 166. The second-order valence-corrected chi connectivity index (χ2v) is 4.52. The van der Waals surface area contributed by atoms with Crippen LogP contribution >= 0.6 is 8.38 Å². The summed E-state index contributed by atoms with van der Waals surface area (Å²) in [5, 5.41) is 27.5. The smallest absolute Gasteiger partial charge is 0.183 e. The summed E-state index contributed by atoms with van der Waals surface area (Å²) in [4.78, 5) is 17.3. The number of ether oxygens (including phenoxy) is 1. The highest BCUT2D eigenvalue weighted by atomic mass is 31.2. The van der Waals surface area contributed by atoms with E-state index in [2.05, 4.69) is 0 Å². The molecule has 7 heteroatoms. The molecule has 1 aliphatic rings. The van der Waals surface area contributed by atoms with Crippen molar-refractivity contribution in [1.29, 1.82) is 0 Å². The zero-order valence-electron chi connectivity index (χ0n) is 7.52. The lowest BCUT2D eigenvalue weighted by molar-refractivity contribution is -0.246. The first-order valence-corrected chi connectivity index (χ1v) is 5.79. The third kappa shape index (κ3) is 3.40. The molecule has 5 N–H and O–H groups in total. The molecular weight excluding hydrogens is 211 g/mol. The van der Waals surface area contributed by atoms with Gasteiger partial charge in [0, 0.05) is 12.6 Å². The number of hydrogen-bond acceptors (Lipinski definition) is 6. The third-order valence-corrected chi connectivity index (χ3v) is 2.83. The average molecular weight is 226 g/mol. The molecule has 0 spiro atoms. The molecule has 0 aromatic heterocycles. The second-order valence-electron chi connectivity index (χ2n) is 3.33. The molecule has 0 aliphatic carbocycles. The summed E-state index contributed by atoms with van der Waals surface area (Å²) in [6, 6.07) is 0. The lowest BCUT2D eigenvalue weighted by Crippen LogP contribution is -2.48. The van der Waals surface area contributed by atoms with Gasteiger partial charge in [0.1, 0.15) is 6.10 Å². The van der Waals surface area contributed by atoms with Crippen LogP contribution < -0.4 is 0 Å². The Balaban J connectivity index is 2.34. The van der Waals surface area contributed by atoms with Crippen molar-refractivity contribution >= 4 is 8.38 Å². The Labute approximate surface area is 82.7 Å². The van der Waals surface area contributed by atoms with Crippen molar-refractivity contribution in [1.82, 2.24) is 0 Å². The first-order chi connectivity index (χ1) is 6.50. The van der Waals surface area contributed by atoms with Gasteiger partial charge in [-0.25, -0.2) is 0 Å². The van der Waals surface area contributed by atoms with Gasteiger partial charge in [0.05, 0.1) is 12.2 Å². The molecule has 0 aromatic carbocycles. The fourth-order valence-corrected chi connectivity index (χ4v) is 1.90. The standard InChI is InChI=1S/C7H15O6P/c8-5-3-4(1-2-14(11)12)13-7(10)6(5)9/h4-12H,1-3H2. The van der Waals surface area contributed by atoms with Crippen molar-refractivity contribution in [3.8, 4) is 0 Å². The van der Waals surface area contributed by atoms with E-state index in [1.165, 1.54) is 0 Å². The van der Waals surface area contributed by atoms with Crippen LogP contribution in [-0.2, 0) is 4.74 Å². The maximum Gasteiger partial charge on any atom is 0.183 e. The van der Waals surface area contributed by atoms with Crippen LogP contribution in [0.1, 0.15) is 12.8 Å². The van der Waals surface area contributed by atoms with E-state index in [1.807, 2.05) is 0 Å². The minimum absolute atomic E-state index is 0.176. The number of hydrogen-bond donors (Lipinski definition) is 5. The molecule has 1 rings (SSSR count). The minimum Gasteiger partial charge on any atom is -0.390 e. The normalized spacial score (nSPS) is 39.0. The number of aliphatic hydroxyl groups excluding tert-OH is 3. The molecule has 0 amide bonds. The molecule has 4 unspecified atom stereocenters. The van der Waals surface area contributed by atoms with E-state index in [0.717, 1.165) is 0 Å². The minimum atomic E-state index is -1.97. The van der Waals surface area contributed by atoms with Gasteiger partial charge >= 0.3 is 0 Å². The zero-order valence-corrected chi connectivity index (χ0v) is 8.42. The van der Waals surface area contributed by atoms with E-state index in [0.29, 0.717) is 6.42 Å². The van der Waals surface area contributed by atoms with Gasteiger partial charge < -0.3 is 29.8 Å². The largest absolute Gasteiger partial charge is 0.390 e. The van der Waals surface area contributed by atoms with Crippen molar-refractivity contribution in [2.75, 3.05) is 6.16 Å². The Morgan fingerprint density at radius 1 is 1.21 bits per heavy atom. The van der Waals surface area contributed by atoms with E-state index in [9.17, 15) is 5.11 Å². The first kappa shape index (κ1) is 12.3. The quantitative estimate of drug-likeness (QED) is 0.375. The van der Waals surface area contributed by atoms with Gasteiger partial charge in [0.15, 0.2) is 14.7 Å². The first-order valence-electron chi connectivity index (χ1n) is 4.35. The lowest BCUT2D eigenvalue weighted by Gasteiger charge is -2.34. The van der Waals surface area contributed by atoms with E-state index < -0.39 is 33.0 Å². The van der Waals surface area contributed by atoms with Crippen molar-refractivity contribution < 1.29 is 29.8 Å². The van der Waals surface area contributed by atoms with Gasteiger partial charge in [-0.3, -0.25) is 0 Å². The fraction of sp³-hybridized carbons (Fsp3) is 1.00. The second kappa shape index (κ2) is 5.32. The van der Waals surface area contributed by atoms with E-state index in [-0.39, 0.29) is 12.6 Å². The summed E-state index contributed by atoms with van der Waals surface area (Å²) >= 11 is 0. The SMILES string of the molecule is OC1CC(CCP(O)O)OC(O)C1O. The van der Waals surface area contributed by atoms with Gasteiger partial charge in [0.2, 0.25) is 0 Å². The zero-order chi connectivity index (χ0) is 10.7. The van der Waals surface area contributed by atoms with E-state index >= 15 is 0 Å². The summed E-state index contributed by atoms with van der Waals surface area (Å²) in [6.45, 7) is 0. The summed E-state index contributed by atoms with van der Waals surface area (Å²) in [5.41, 5.74) is 0. The molecule has 0 saturated carbocycles. The molecule has 0 radical (unpaired) electrons. The van der Waals surface area contributed by atoms with Crippen LogP contribution in [0.5, 0.6) is 0 Å². The van der Waals surface area contributed by atoms with E-state index in [4.69, 9.17) is 24.7 Å². The molecular formula is C7H15O6P. The van der Waals surface area contributed by atoms with Crippen molar-refractivity contribution in [2.24, 2.45) is 0 Å². The Morgan fingerprint density at radius 3 is 2.36 bits per heavy atom. The van der Waals surface area contributed by atoms with Crippen LogP contribution in [0.25, 0.3) is 0 Å². The van der Waals surface area contributed by atoms with Crippen molar-refractivity contribution in [2.45, 2.75) is 37.4 Å². The molecule has 1 saturated heterocycles. The molecule has 84 valence electrons. The molecule has 1 heterocycles. The summed E-state index contributed by atoms with van der Waals surface area (Å²) < 4.78 is 4.95. The maximum atomic E-state index is 9.27. The topological polar surface area (TPSA) is 110 Å². The van der Waals surface area contributed by atoms with Gasteiger partial charge in [-0.15, -0.1) is 0 Å². The molecule has 14 heavy (non-hydrogen) atoms. The average Bonchev–Trinajstić information content (AvgIpc) is 2.10. The van der Waals surface area contributed by atoms with E-state index in [1.54, 1.807) is 0 Å². The highest BCUT2D eigenvalue weighted by Gasteiger charge is 2.35. The Hall–Kier alpha value is 0.190. The van der Waals surface area contributed by atoms with Gasteiger partial charge in [-0.2, -0.15) is 0 Å². The summed E-state index contributed by atoms with van der Waals surface area (Å²) in [6.07, 6.45) is -3.42. The van der Waals surface area contributed by atoms with Crippen LogP contribution in [-0.4, -0.2) is 55.9 Å².